The molecule has 0 amide bonds. The Morgan fingerprint density at radius 1 is 1.12 bits per heavy atom. The zero-order valence-corrected chi connectivity index (χ0v) is 16.4. The Labute approximate surface area is 160 Å². The van der Waals surface area contributed by atoms with E-state index in [1.807, 2.05) is 60.4 Å². The minimum Gasteiger partial charge on any atom is -0.363 e. The van der Waals surface area contributed by atoms with E-state index in [2.05, 4.69) is 18.7 Å². The molecule has 26 heavy (non-hydrogen) atoms. The molecular formula is C21H26ClN3O. The molecule has 1 aliphatic heterocycles. The average molecular weight is 372 g/mol. The standard InChI is InChI=1S/C21H26ClN3O/c1-4-24(5-2)13-14-25-16(3)23-20-12-11-18(22)15-19(20)21(25,26)17-9-7-6-8-10-17/h6-12,15,26H,4-5,13-14H2,1-3H3. The summed E-state index contributed by atoms with van der Waals surface area (Å²) in [6, 6.07) is 15.3. The van der Waals surface area contributed by atoms with Crippen molar-refractivity contribution in [2.24, 2.45) is 4.99 Å². The van der Waals surface area contributed by atoms with Crippen LogP contribution in [0.1, 0.15) is 31.9 Å². The highest BCUT2D eigenvalue weighted by Crippen LogP contribution is 2.43. The van der Waals surface area contributed by atoms with E-state index in [0.29, 0.717) is 11.6 Å². The van der Waals surface area contributed by atoms with Crippen LogP contribution in [0.25, 0.3) is 0 Å². The van der Waals surface area contributed by atoms with Gasteiger partial charge in [-0.2, -0.15) is 0 Å². The predicted octanol–water partition coefficient (Wildman–Crippen LogP) is 4.24. The first-order valence-corrected chi connectivity index (χ1v) is 9.51. The van der Waals surface area contributed by atoms with Crippen molar-refractivity contribution in [1.82, 2.24) is 9.80 Å². The first-order valence-electron chi connectivity index (χ1n) is 9.13. The third-order valence-corrected chi connectivity index (χ3v) is 5.34. The summed E-state index contributed by atoms with van der Waals surface area (Å²) in [6.07, 6.45) is 0. The second kappa shape index (κ2) is 7.78. The fraction of sp³-hybridized carbons (Fsp3) is 0.381. The van der Waals surface area contributed by atoms with Gasteiger partial charge in [0.15, 0.2) is 5.72 Å². The van der Waals surface area contributed by atoms with Crippen molar-refractivity contribution in [2.45, 2.75) is 26.5 Å². The normalized spacial score (nSPS) is 19.5. The molecule has 1 atom stereocenters. The van der Waals surface area contributed by atoms with E-state index in [9.17, 15) is 5.11 Å². The summed E-state index contributed by atoms with van der Waals surface area (Å²) in [5.41, 5.74) is 1.01. The van der Waals surface area contributed by atoms with Gasteiger partial charge in [-0.05, 0) is 38.2 Å². The first-order chi connectivity index (χ1) is 12.5. The molecule has 0 bridgehead atoms. The maximum Gasteiger partial charge on any atom is 0.194 e. The number of fused-ring (bicyclic) bond motifs is 1. The number of amidine groups is 1. The Balaban J connectivity index is 2.10. The largest absolute Gasteiger partial charge is 0.363 e. The van der Waals surface area contributed by atoms with Crippen molar-refractivity contribution in [2.75, 3.05) is 26.2 Å². The quantitative estimate of drug-likeness (QED) is 0.825. The molecule has 0 radical (unpaired) electrons. The fourth-order valence-corrected chi connectivity index (χ4v) is 3.76. The number of benzene rings is 2. The van der Waals surface area contributed by atoms with Gasteiger partial charge < -0.3 is 14.9 Å². The Hall–Kier alpha value is -1.88. The second-order valence-corrected chi connectivity index (χ2v) is 6.97. The van der Waals surface area contributed by atoms with Crippen LogP contribution < -0.4 is 0 Å². The molecule has 2 aromatic rings. The van der Waals surface area contributed by atoms with Crippen LogP contribution in [0.15, 0.2) is 53.5 Å². The van der Waals surface area contributed by atoms with E-state index in [1.54, 1.807) is 0 Å². The molecule has 5 heteroatoms. The lowest BCUT2D eigenvalue weighted by molar-refractivity contribution is -0.0429. The van der Waals surface area contributed by atoms with E-state index in [1.165, 1.54) is 0 Å². The molecule has 0 spiro atoms. The number of aliphatic imine (C=N–C) groups is 1. The summed E-state index contributed by atoms with van der Waals surface area (Å²) in [5.74, 6) is 0.804. The Morgan fingerprint density at radius 3 is 2.46 bits per heavy atom. The van der Waals surface area contributed by atoms with Crippen LogP contribution in [0.2, 0.25) is 5.02 Å². The van der Waals surface area contributed by atoms with E-state index >= 15 is 0 Å². The Bertz CT molecular complexity index is 789. The third-order valence-electron chi connectivity index (χ3n) is 5.11. The van der Waals surface area contributed by atoms with Gasteiger partial charge in [-0.15, -0.1) is 0 Å². The monoisotopic (exact) mass is 371 g/mol. The van der Waals surface area contributed by atoms with Crippen molar-refractivity contribution in [3.8, 4) is 0 Å². The number of nitrogens with zero attached hydrogens (tertiary/aromatic N) is 3. The molecule has 2 aromatic carbocycles. The predicted molar refractivity (Wildman–Crippen MR) is 108 cm³/mol. The number of hydrogen-bond donors (Lipinski definition) is 1. The van der Waals surface area contributed by atoms with E-state index in [-0.39, 0.29) is 0 Å². The van der Waals surface area contributed by atoms with Crippen molar-refractivity contribution >= 4 is 23.1 Å². The zero-order chi connectivity index (χ0) is 18.7. The van der Waals surface area contributed by atoms with E-state index in [4.69, 9.17) is 16.6 Å². The SMILES string of the molecule is CCN(CC)CCN1C(C)=Nc2ccc(Cl)cc2C1(O)c1ccccc1. The smallest absolute Gasteiger partial charge is 0.194 e. The van der Waals surface area contributed by atoms with E-state index < -0.39 is 5.72 Å². The molecule has 0 saturated carbocycles. The summed E-state index contributed by atoms with van der Waals surface area (Å²) in [6.45, 7) is 9.74. The second-order valence-electron chi connectivity index (χ2n) is 6.54. The molecule has 1 heterocycles. The molecule has 1 aliphatic rings. The highest BCUT2D eigenvalue weighted by atomic mass is 35.5. The lowest BCUT2D eigenvalue weighted by atomic mass is 9.89. The number of rotatable bonds is 6. The molecule has 0 fully saturated rings. The lowest BCUT2D eigenvalue weighted by Gasteiger charge is -2.45. The lowest BCUT2D eigenvalue weighted by Crippen LogP contribution is -2.53. The maximum absolute atomic E-state index is 12.0. The number of halogens is 1. The minimum absolute atomic E-state index is 0.594. The van der Waals surface area contributed by atoms with Crippen LogP contribution in [0, 0.1) is 0 Å². The molecule has 0 aliphatic carbocycles. The fourth-order valence-electron chi connectivity index (χ4n) is 3.59. The van der Waals surface area contributed by atoms with Crippen LogP contribution in [-0.2, 0) is 5.72 Å². The first kappa shape index (κ1) is 18.9. The van der Waals surface area contributed by atoms with Crippen LogP contribution in [0.5, 0.6) is 0 Å². The number of hydrogen-bond acceptors (Lipinski definition) is 4. The zero-order valence-electron chi connectivity index (χ0n) is 15.6. The third kappa shape index (κ3) is 3.37. The highest BCUT2D eigenvalue weighted by molar-refractivity contribution is 6.30. The minimum atomic E-state index is -1.29. The van der Waals surface area contributed by atoms with Crippen molar-refractivity contribution in [3.05, 3.63) is 64.7 Å². The maximum atomic E-state index is 12.0. The highest BCUT2D eigenvalue weighted by Gasteiger charge is 2.43. The van der Waals surface area contributed by atoms with Gasteiger partial charge in [-0.1, -0.05) is 55.8 Å². The Morgan fingerprint density at radius 2 is 1.81 bits per heavy atom. The number of likely N-dealkylation sites (N-methyl/N-ethyl adjacent to an activating group) is 1. The summed E-state index contributed by atoms with van der Waals surface area (Å²) >= 11 is 6.26. The van der Waals surface area contributed by atoms with Crippen LogP contribution >= 0.6 is 11.6 Å². The van der Waals surface area contributed by atoms with Crippen molar-refractivity contribution in [1.29, 1.82) is 0 Å². The van der Waals surface area contributed by atoms with Gasteiger partial charge in [0.25, 0.3) is 0 Å². The summed E-state index contributed by atoms with van der Waals surface area (Å²) < 4.78 is 0. The summed E-state index contributed by atoms with van der Waals surface area (Å²) in [7, 11) is 0. The summed E-state index contributed by atoms with van der Waals surface area (Å²) in [4.78, 5) is 9.05. The molecule has 1 N–H and O–H groups in total. The topological polar surface area (TPSA) is 39.1 Å². The number of aliphatic hydroxyl groups is 1. The molecule has 3 rings (SSSR count). The molecule has 138 valence electrons. The van der Waals surface area contributed by atoms with Crippen molar-refractivity contribution < 1.29 is 5.11 Å². The van der Waals surface area contributed by atoms with Crippen LogP contribution in [-0.4, -0.2) is 46.9 Å². The average Bonchev–Trinajstić information content (AvgIpc) is 2.66. The molecule has 4 nitrogen and oxygen atoms in total. The molecule has 0 saturated heterocycles. The van der Waals surface area contributed by atoms with Crippen LogP contribution in [0.4, 0.5) is 5.69 Å². The van der Waals surface area contributed by atoms with E-state index in [0.717, 1.165) is 42.3 Å². The molecular weight excluding hydrogens is 346 g/mol. The van der Waals surface area contributed by atoms with Gasteiger partial charge >= 0.3 is 0 Å². The van der Waals surface area contributed by atoms with Gasteiger partial charge in [-0.25, -0.2) is 4.99 Å². The van der Waals surface area contributed by atoms with Crippen LogP contribution in [0.3, 0.4) is 0 Å². The van der Waals surface area contributed by atoms with Gasteiger partial charge in [-0.3, -0.25) is 0 Å². The van der Waals surface area contributed by atoms with Gasteiger partial charge in [0, 0.05) is 29.2 Å². The molecule has 1 unspecified atom stereocenters. The molecule has 0 aromatic heterocycles. The van der Waals surface area contributed by atoms with Crippen molar-refractivity contribution in [3.63, 3.8) is 0 Å². The van der Waals surface area contributed by atoms with Gasteiger partial charge in [0.05, 0.1) is 5.69 Å². The summed E-state index contributed by atoms with van der Waals surface area (Å²) in [5, 5.41) is 12.6. The van der Waals surface area contributed by atoms with Gasteiger partial charge in [0.1, 0.15) is 5.84 Å². The van der Waals surface area contributed by atoms with Gasteiger partial charge in [0.2, 0.25) is 0 Å². The Kier molecular flexibility index (Phi) is 5.66.